The fraction of sp³-hybridized carbons (Fsp3) is 0.500. The van der Waals surface area contributed by atoms with E-state index in [9.17, 15) is 9.59 Å². The van der Waals surface area contributed by atoms with Crippen molar-refractivity contribution in [2.45, 2.75) is 39.3 Å². The van der Waals surface area contributed by atoms with Crippen LogP contribution < -0.4 is 5.32 Å². The number of hydrogen-bond acceptors (Lipinski definition) is 5. The summed E-state index contributed by atoms with van der Waals surface area (Å²) in [5.41, 5.74) is 0.538. The molecule has 1 N–H and O–H groups in total. The van der Waals surface area contributed by atoms with Crippen LogP contribution in [0.4, 0.5) is 0 Å². The lowest BCUT2D eigenvalue weighted by Gasteiger charge is -2.18. The Kier molecular flexibility index (Phi) is 7.46. The predicted molar refractivity (Wildman–Crippen MR) is 80.0 cm³/mol. The molecule has 5 nitrogen and oxygen atoms in total. The summed E-state index contributed by atoms with van der Waals surface area (Å²) in [6, 6.07) is 8.93. The third-order valence-corrected chi connectivity index (χ3v) is 2.90. The Morgan fingerprint density at radius 3 is 2.48 bits per heavy atom. The summed E-state index contributed by atoms with van der Waals surface area (Å²) in [6.07, 6.45) is 0.389. The zero-order valence-electron chi connectivity index (χ0n) is 12.8. The molecule has 0 aliphatic rings. The highest BCUT2D eigenvalue weighted by Gasteiger charge is 2.15. The molecule has 1 rings (SSSR count). The maximum absolute atomic E-state index is 11.9. The first kappa shape index (κ1) is 17.2. The second kappa shape index (κ2) is 9.13. The van der Waals surface area contributed by atoms with E-state index in [-0.39, 0.29) is 30.6 Å². The molecular formula is C16H23NO4. The number of carbonyl (C=O) groups is 2. The van der Waals surface area contributed by atoms with Gasteiger partial charge in [-0.25, -0.2) is 4.79 Å². The van der Waals surface area contributed by atoms with Gasteiger partial charge in [0.15, 0.2) is 0 Å². The van der Waals surface area contributed by atoms with Crippen LogP contribution in [0.15, 0.2) is 30.3 Å². The van der Waals surface area contributed by atoms with E-state index in [0.717, 1.165) is 0 Å². The standard InChI is InChI=1S/C16H23NO4/c1-4-20-15(18)11-17-12(2)10-13(3)21-16(19)14-8-6-5-7-9-14/h5-9,12-13,17H,4,10-11H2,1-3H3. The average molecular weight is 293 g/mol. The molecule has 2 unspecified atom stereocenters. The van der Waals surface area contributed by atoms with E-state index in [4.69, 9.17) is 9.47 Å². The monoisotopic (exact) mass is 293 g/mol. The van der Waals surface area contributed by atoms with Crippen LogP contribution in [0, 0.1) is 0 Å². The lowest BCUT2D eigenvalue weighted by atomic mass is 10.1. The molecular weight excluding hydrogens is 270 g/mol. The number of benzene rings is 1. The van der Waals surface area contributed by atoms with E-state index in [1.54, 1.807) is 31.2 Å². The summed E-state index contributed by atoms with van der Waals surface area (Å²) in [4.78, 5) is 23.1. The van der Waals surface area contributed by atoms with Gasteiger partial charge in [0.25, 0.3) is 0 Å². The average Bonchev–Trinajstić information content (AvgIpc) is 2.46. The minimum absolute atomic E-state index is 0.0491. The fourth-order valence-corrected chi connectivity index (χ4v) is 1.92. The van der Waals surface area contributed by atoms with Gasteiger partial charge in [-0.3, -0.25) is 4.79 Å². The molecule has 0 fully saturated rings. The van der Waals surface area contributed by atoms with E-state index in [1.165, 1.54) is 0 Å². The second-order valence-electron chi connectivity index (χ2n) is 4.90. The molecule has 0 radical (unpaired) electrons. The SMILES string of the molecule is CCOC(=O)CNC(C)CC(C)OC(=O)c1ccccc1. The molecule has 0 heterocycles. The summed E-state index contributed by atoms with van der Waals surface area (Å²) in [5, 5.41) is 3.05. The highest BCUT2D eigenvalue weighted by molar-refractivity contribution is 5.89. The molecule has 116 valence electrons. The molecule has 0 aliphatic carbocycles. The first-order valence-electron chi connectivity index (χ1n) is 7.18. The van der Waals surface area contributed by atoms with Gasteiger partial charge in [-0.05, 0) is 39.3 Å². The van der Waals surface area contributed by atoms with Gasteiger partial charge < -0.3 is 14.8 Å². The van der Waals surface area contributed by atoms with E-state index in [1.807, 2.05) is 19.9 Å². The summed E-state index contributed by atoms with van der Waals surface area (Å²) >= 11 is 0. The van der Waals surface area contributed by atoms with Gasteiger partial charge in [0.2, 0.25) is 0 Å². The van der Waals surface area contributed by atoms with Crippen molar-refractivity contribution in [2.75, 3.05) is 13.2 Å². The van der Waals surface area contributed by atoms with E-state index in [0.29, 0.717) is 18.6 Å². The van der Waals surface area contributed by atoms with Gasteiger partial charge in [-0.2, -0.15) is 0 Å². The van der Waals surface area contributed by atoms with Crippen LogP contribution in [0.1, 0.15) is 37.6 Å². The van der Waals surface area contributed by atoms with Crippen molar-refractivity contribution in [3.05, 3.63) is 35.9 Å². The van der Waals surface area contributed by atoms with Gasteiger partial charge in [0, 0.05) is 6.04 Å². The van der Waals surface area contributed by atoms with Crippen molar-refractivity contribution in [2.24, 2.45) is 0 Å². The number of carbonyl (C=O) groups excluding carboxylic acids is 2. The van der Waals surface area contributed by atoms with E-state index < -0.39 is 0 Å². The molecule has 0 aromatic heterocycles. The first-order chi connectivity index (χ1) is 10.0. The molecule has 0 saturated heterocycles. The summed E-state index contributed by atoms with van der Waals surface area (Å²) < 4.78 is 10.2. The molecule has 21 heavy (non-hydrogen) atoms. The smallest absolute Gasteiger partial charge is 0.338 e. The summed E-state index contributed by atoms with van der Waals surface area (Å²) in [5.74, 6) is -0.612. The minimum atomic E-state index is -0.333. The molecule has 0 amide bonds. The normalized spacial score (nSPS) is 13.3. The highest BCUT2D eigenvalue weighted by atomic mass is 16.5. The van der Waals surface area contributed by atoms with Gasteiger partial charge in [0.05, 0.1) is 18.7 Å². The molecule has 0 spiro atoms. The van der Waals surface area contributed by atoms with Crippen LogP contribution >= 0.6 is 0 Å². The molecule has 2 atom stereocenters. The molecule has 1 aromatic carbocycles. The zero-order chi connectivity index (χ0) is 15.7. The van der Waals surface area contributed by atoms with E-state index in [2.05, 4.69) is 5.32 Å². The number of ether oxygens (including phenoxy) is 2. The van der Waals surface area contributed by atoms with Crippen molar-refractivity contribution >= 4 is 11.9 Å². The minimum Gasteiger partial charge on any atom is -0.465 e. The van der Waals surface area contributed by atoms with Gasteiger partial charge in [-0.1, -0.05) is 18.2 Å². The van der Waals surface area contributed by atoms with E-state index >= 15 is 0 Å². The van der Waals surface area contributed by atoms with Gasteiger partial charge >= 0.3 is 11.9 Å². The summed E-state index contributed by atoms with van der Waals surface area (Å²) in [7, 11) is 0. The quantitative estimate of drug-likeness (QED) is 0.744. The Morgan fingerprint density at radius 2 is 1.86 bits per heavy atom. The van der Waals surface area contributed by atoms with Gasteiger partial charge in [-0.15, -0.1) is 0 Å². The third-order valence-electron chi connectivity index (χ3n) is 2.90. The van der Waals surface area contributed by atoms with Crippen LogP contribution in [0.5, 0.6) is 0 Å². The van der Waals surface area contributed by atoms with Crippen LogP contribution in [0.25, 0.3) is 0 Å². The third kappa shape index (κ3) is 6.90. The second-order valence-corrected chi connectivity index (χ2v) is 4.90. The molecule has 0 aliphatic heterocycles. The maximum Gasteiger partial charge on any atom is 0.338 e. The molecule has 0 bridgehead atoms. The van der Waals surface area contributed by atoms with Crippen molar-refractivity contribution in [1.82, 2.24) is 5.32 Å². The topological polar surface area (TPSA) is 64.6 Å². The Labute approximate surface area is 125 Å². The molecule has 5 heteroatoms. The van der Waals surface area contributed by atoms with Gasteiger partial charge in [0.1, 0.15) is 6.10 Å². The number of nitrogens with one attached hydrogen (secondary N) is 1. The lowest BCUT2D eigenvalue weighted by molar-refractivity contribution is -0.142. The first-order valence-corrected chi connectivity index (χ1v) is 7.18. The molecule has 0 saturated carbocycles. The zero-order valence-corrected chi connectivity index (χ0v) is 12.8. The highest BCUT2D eigenvalue weighted by Crippen LogP contribution is 2.07. The number of esters is 2. The van der Waals surface area contributed by atoms with Crippen molar-refractivity contribution in [3.8, 4) is 0 Å². The van der Waals surface area contributed by atoms with Crippen molar-refractivity contribution in [3.63, 3.8) is 0 Å². The largest absolute Gasteiger partial charge is 0.465 e. The Bertz CT molecular complexity index is 447. The van der Waals surface area contributed by atoms with Crippen molar-refractivity contribution < 1.29 is 19.1 Å². The molecule has 1 aromatic rings. The Hall–Kier alpha value is -1.88. The Balaban J connectivity index is 2.31. The van der Waals surface area contributed by atoms with Crippen LogP contribution in [-0.2, 0) is 14.3 Å². The number of rotatable bonds is 8. The van der Waals surface area contributed by atoms with Crippen LogP contribution in [0.2, 0.25) is 0 Å². The Morgan fingerprint density at radius 1 is 1.19 bits per heavy atom. The maximum atomic E-state index is 11.9. The fourth-order valence-electron chi connectivity index (χ4n) is 1.92. The predicted octanol–water partition coefficient (Wildman–Crippen LogP) is 2.16. The van der Waals surface area contributed by atoms with Crippen LogP contribution in [-0.4, -0.2) is 37.2 Å². The number of hydrogen-bond donors (Lipinski definition) is 1. The lowest BCUT2D eigenvalue weighted by Crippen LogP contribution is -2.35. The summed E-state index contributed by atoms with van der Waals surface area (Å²) in [6.45, 7) is 6.08. The van der Waals surface area contributed by atoms with Crippen LogP contribution in [0.3, 0.4) is 0 Å². The van der Waals surface area contributed by atoms with Crippen molar-refractivity contribution in [1.29, 1.82) is 0 Å².